The third-order valence-corrected chi connectivity index (χ3v) is 1.39. The van der Waals surface area contributed by atoms with E-state index in [1.807, 2.05) is 0 Å². The van der Waals surface area contributed by atoms with Crippen LogP contribution < -0.4 is 10.2 Å². The normalized spacial score (nSPS) is 11.3. The summed E-state index contributed by atoms with van der Waals surface area (Å²) in [6.07, 6.45) is 2.14. The van der Waals surface area contributed by atoms with E-state index >= 15 is 0 Å². The molecule has 0 aliphatic rings. The highest BCUT2D eigenvalue weighted by atomic mass is 19.4. The Hall–Kier alpha value is -1.20. The van der Waals surface area contributed by atoms with Crippen LogP contribution >= 0.6 is 0 Å². The summed E-state index contributed by atoms with van der Waals surface area (Å²) in [5.74, 6) is -0.231. The second-order valence-electron chi connectivity index (χ2n) is 2.19. The quantitative estimate of drug-likeness (QED) is 0.630. The average molecular weight is 176 g/mol. The number of nitrogens with zero attached hydrogens (tertiary/aromatic N) is 1. The summed E-state index contributed by atoms with van der Waals surface area (Å²) in [6.45, 7) is -5.00. The maximum atomic E-state index is 12.2. The predicted molar refractivity (Wildman–Crippen MR) is 39.5 cm³/mol. The van der Waals surface area contributed by atoms with E-state index < -0.39 is 12.4 Å². The van der Waals surface area contributed by atoms with E-state index in [0.717, 1.165) is 18.5 Å². The Kier molecular flexibility index (Phi) is 2.26. The molecule has 0 amide bonds. The average Bonchev–Trinajstić information content (AvgIpc) is 2.03. The van der Waals surface area contributed by atoms with Crippen LogP contribution in [0.2, 0.25) is 0 Å². The monoisotopic (exact) mass is 176 g/mol. The first-order chi connectivity index (χ1) is 5.55. The van der Waals surface area contributed by atoms with Gasteiger partial charge < -0.3 is 17.7 Å². The van der Waals surface area contributed by atoms with Crippen molar-refractivity contribution in [3.05, 3.63) is 18.5 Å². The zero-order chi connectivity index (χ0) is 9.19. The van der Waals surface area contributed by atoms with Gasteiger partial charge in [-0.25, -0.2) is 0 Å². The number of pyridine rings is 1. The Bertz CT molecular complexity index is 276. The van der Waals surface area contributed by atoms with Gasteiger partial charge in [0.1, 0.15) is 5.75 Å². The molecule has 1 rings (SSSR count). The van der Waals surface area contributed by atoms with Crippen molar-refractivity contribution in [1.29, 1.82) is 0 Å². The molecule has 0 spiro atoms. The fourth-order valence-electron chi connectivity index (χ4n) is 0.832. The van der Waals surface area contributed by atoms with Crippen LogP contribution in [0.5, 0.6) is 5.75 Å². The Morgan fingerprint density at radius 2 is 2.08 bits per heavy atom. The Labute approximate surface area is 67.4 Å². The maximum Gasteiger partial charge on any atom is 0.513 e. The van der Waals surface area contributed by atoms with Gasteiger partial charge in [0.25, 0.3) is 0 Å². The van der Waals surface area contributed by atoms with Crippen LogP contribution in [0, 0.1) is 0 Å². The van der Waals surface area contributed by atoms with Gasteiger partial charge >= 0.3 is 6.98 Å². The van der Waals surface area contributed by atoms with Gasteiger partial charge in [-0.2, -0.15) is 0 Å². The van der Waals surface area contributed by atoms with Crippen LogP contribution in [0.3, 0.4) is 0 Å². The van der Waals surface area contributed by atoms with Crippen molar-refractivity contribution in [3.63, 3.8) is 0 Å². The molecule has 66 valence electrons. The summed E-state index contributed by atoms with van der Waals surface area (Å²) >= 11 is 0. The lowest BCUT2D eigenvalue weighted by atomic mass is 9.80. The first-order valence-corrected chi connectivity index (χ1v) is 3.23. The van der Waals surface area contributed by atoms with E-state index in [0.29, 0.717) is 0 Å². The van der Waals surface area contributed by atoms with Crippen molar-refractivity contribution in [2.45, 2.75) is 0 Å². The van der Waals surface area contributed by atoms with E-state index in [9.17, 15) is 12.9 Å². The molecule has 0 bridgehead atoms. The van der Waals surface area contributed by atoms with Crippen molar-refractivity contribution < 1.29 is 17.7 Å². The molecule has 0 unspecified atom stereocenters. The number of hydrogen-bond acceptors (Lipinski definition) is 2. The van der Waals surface area contributed by atoms with Crippen molar-refractivity contribution in [2.24, 2.45) is 0 Å². The summed E-state index contributed by atoms with van der Waals surface area (Å²) in [7, 11) is 1.18. The minimum Gasteiger partial charge on any atom is -0.498 e. The van der Waals surface area contributed by atoms with E-state index in [4.69, 9.17) is 0 Å². The van der Waals surface area contributed by atoms with Gasteiger partial charge in [-0.1, -0.05) is 11.5 Å². The maximum absolute atomic E-state index is 12.2. The minimum absolute atomic E-state index is 0.231. The van der Waals surface area contributed by atoms with Gasteiger partial charge in [-0.05, 0) is 0 Å². The standard InChI is InChI=1S/C6H6BF3NO/c1-12-6-4-11-3-2-5(6)7(8,9)10/h2-4H,1H3/q-1. The van der Waals surface area contributed by atoms with Crippen molar-refractivity contribution >= 4 is 12.4 Å². The van der Waals surface area contributed by atoms with Gasteiger partial charge in [-0.3, -0.25) is 4.98 Å². The number of halogens is 3. The summed E-state index contributed by atoms with van der Waals surface area (Å²) < 4.78 is 41.1. The highest BCUT2D eigenvalue weighted by Crippen LogP contribution is 2.15. The highest BCUT2D eigenvalue weighted by molar-refractivity contribution is 6.74. The number of aromatic nitrogens is 1. The van der Waals surface area contributed by atoms with Crippen molar-refractivity contribution in [2.75, 3.05) is 7.11 Å². The fraction of sp³-hybridized carbons (Fsp3) is 0.167. The molecule has 0 aromatic carbocycles. The summed E-state index contributed by atoms with van der Waals surface area (Å²) in [5, 5.41) is 0. The van der Waals surface area contributed by atoms with Gasteiger partial charge in [0, 0.05) is 6.20 Å². The first-order valence-electron chi connectivity index (χ1n) is 3.23. The van der Waals surface area contributed by atoms with Crippen LogP contribution in [-0.4, -0.2) is 19.1 Å². The molecule has 0 saturated carbocycles. The lowest BCUT2D eigenvalue weighted by Crippen LogP contribution is -2.35. The molecular formula is C6H6BF3NO-. The van der Waals surface area contributed by atoms with E-state index in [1.54, 1.807) is 0 Å². The minimum atomic E-state index is -5.00. The van der Waals surface area contributed by atoms with E-state index in [1.165, 1.54) is 7.11 Å². The van der Waals surface area contributed by atoms with Crippen molar-refractivity contribution in [3.8, 4) is 5.75 Å². The predicted octanol–water partition coefficient (Wildman–Crippen LogP) is 1.14. The second kappa shape index (κ2) is 3.04. The van der Waals surface area contributed by atoms with E-state index in [-0.39, 0.29) is 5.75 Å². The summed E-state index contributed by atoms with van der Waals surface area (Å²) in [6, 6.07) is 0.902. The number of rotatable bonds is 2. The smallest absolute Gasteiger partial charge is 0.498 e. The molecule has 0 saturated heterocycles. The van der Waals surface area contributed by atoms with Gasteiger partial charge in [0.2, 0.25) is 0 Å². The molecule has 0 fully saturated rings. The molecule has 0 N–H and O–H groups in total. The molecule has 0 aliphatic carbocycles. The summed E-state index contributed by atoms with van der Waals surface area (Å²) in [5.41, 5.74) is -0.743. The number of methoxy groups -OCH3 is 1. The van der Waals surface area contributed by atoms with Crippen LogP contribution in [-0.2, 0) is 0 Å². The van der Waals surface area contributed by atoms with Crippen LogP contribution in [0.4, 0.5) is 12.9 Å². The number of ether oxygens (including phenoxy) is 1. The number of hydrogen-bond donors (Lipinski definition) is 0. The van der Waals surface area contributed by atoms with Gasteiger partial charge in [0.05, 0.1) is 13.3 Å². The highest BCUT2D eigenvalue weighted by Gasteiger charge is 2.28. The molecule has 0 radical (unpaired) electrons. The Morgan fingerprint density at radius 1 is 1.42 bits per heavy atom. The topological polar surface area (TPSA) is 22.1 Å². The Balaban J connectivity index is 3.14. The largest absolute Gasteiger partial charge is 0.513 e. The molecular weight excluding hydrogens is 170 g/mol. The molecule has 12 heavy (non-hydrogen) atoms. The third-order valence-electron chi connectivity index (χ3n) is 1.39. The lowest BCUT2D eigenvalue weighted by molar-refractivity contribution is 0.411. The first kappa shape index (κ1) is 8.90. The fourth-order valence-corrected chi connectivity index (χ4v) is 0.832. The van der Waals surface area contributed by atoms with E-state index in [2.05, 4.69) is 9.72 Å². The zero-order valence-corrected chi connectivity index (χ0v) is 6.30. The molecule has 1 heterocycles. The van der Waals surface area contributed by atoms with Crippen LogP contribution in [0.15, 0.2) is 18.5 Å². The third kappa shape index (κ3) is 1.69. The van der Waals surface area contributed by atoms with Crippen LogP contribution in [0.25, 0.3) is 0 Å². The van der Waals surface area contributed by atoms with Gasteiger partial charge in [-0.15, -0.1) is 0 Å². The molecule has 0 atom stereocenters. The second-order valence-corrected chi connectivity index (χ2v) is 2.19. The molecule has 6 heteroatoms. The summed E-state index contributed by atoms with van der Waals surface area (Å²) in [4.78, 5) is 3.51. The molecule has 2 nitrogen and oxygen atoms in total. The molecule has 1 aromatic rings. The molecule has 1 aromatic heterocycles. The zero-order valence-electron chi connectivity index (χ0n) is 6.30. The Morgan fingerprint density at radius 3 is 2.50 bits per heavy atom. The van der Waals surface area contributed by atoms with Crippen LogP contribution in [0.1, 0.15) is 0 Å². The van der Waals surface area contributed by atoms with Crippen molar-refractivity contribution in [1.82, 2.24) is 4.98 Å². The SMILES string of the molecule is COc1cnccc1[B-](F)(F)F. The lowest BCUT2D eigenvalue weighted by Gasteiger charge is -2.17. The molecule has 0 aliphatic heterocycles. The van der Waals surface area contributed by atoms with Gasteiger partial charge in [0.15, 0.2) is 0 Å².